The van der Waals surface area contributed by atoms with Crippen LogP contribution in [0.4, 0.5) is 5.69 Å². The summed E-state index contributed by atoms with van der Waals surface area (Å²) in [6.07, 6.45) is 1.40. The largest absolute Gasteiger partial charge is 0.497 e. The van der Waals surface area contributed by atoms with Gasteiger partial charge >= 0.3 is 0 Å². The van der Waals surface area contributed by atoms with Crippen molar-refractivity contribution in [2.24, 2.45) is 15.7 Å². The van der Waals surface area contributed by atoms with E-state index < -0.39 is 6.17 Å². The molecule has 0 saturated heterocycles. The maximum atomic E-state index is 12.5. The number of aromatic nitrogens is 1. The topological polar surface area (TPSA) is 126 Å². The predicted molar refractivity (Wildman–Crippen MR) is 124 cm³/mol. The summed E-state index contributed by atoms with van der Waals surface area (Å²) in [4.78, 5) is 24.7. The molecule has 4 rings (SSSR count). The van der Waals surface area contributed by atoms with Crippen LogP contribution in [0.15, 0.2) is 58.6 Å². The summed E-state index contributed by atoms with van der Waals surface area (Å²) in [5.41, 5.74) is 8.47. The molecule has 1 unspecified atom stereocenters. The van der Waals surface area contributed by atoms with E-state index in [-0.39, 0.29) is 17.6 Å². The van der Waals surface area contributed by atoms with Crippen LogP contribution in [0.2, 0.25) is 0 Å². The van der Waals surface area contributed by atoms with E-state index in [0.717, 1.165) is 16.5 Å². The average molecular weight is 439 g/mol. The van der Waals surface area contributed by atoms with Crippen LogP contribution in [0.1, 0.15) is 11.7 Å². The van der Waals surface area contributed by atoms with Gasteiger partial charge in [-0.05, 0) is 6.07 Å². The lowest BCUT2D eigenvalue weighted by molar-refractivity contribution is -0.113. The molecule has 2 heterocycles. The number of aromatic amines is 1. The predicted octanol–water partition coefficient (Wildman–Crippen LogP) is 2.83. The molecule has 31 heavy (non-hydrogen) atoms. The molecule has 0 bridgehead atoms. The van der Waals surface area contributed by atoms with Gasteiger partial charge in [0.1, 0.15) is 11.5 Å². The first kappa shape index (κ1) is 20.6. The van der Waals surface area contributed by atoms with Gasteiger partial charge in [0, 0.05) is 46.5 Å². The highest BCUT2D eigenvalue weighted by Gasteiger charge is 2.20. The summed E-state index contributed by atoms with van der Waals surface area (Å²) in [6, 6.07) is 13.1. The maximum Gasteiger partial charge on any atom is 0.234 e. The Labute approximate surface area is 183 Å². The molecule has 2 aromatic carbocycles. The van der Waals surface area contributed by atoms with Crippen LogP contribution in [-0.2, 0) is 4.79 Å². The number of nitrogens with zero attached hydrogens (tertiary/aromatic N) is 2. The van der Waals surface area contributed by atoms with Gasteiger partial charge in [-0.25, -0.2) is 9.98 Å². The molecule has 0 saturated carbocycles. The Morgan fingerprint density at radius 2 is 1.90 bits per heavy atom. The van der Waals surface area contributed by atoms with Crippen molar-refractivity contribution in [1.82, 2.24) is 10.3 Å². The summed E-state index contributed by atoms with van der Waals surface area (Å²) in [7, 11) is 3.11. The highest BCUT2D eigenvalue weighted by atomic mass is 32.2. The molecule has 1 aliphatic rings. The third kappa shape index (κ3) is 4.75. The zero-order valence-corrected chi connectivity index (χ0v) is 17.8. The highest BCUT2D eigenvalue weighted by Crippen LogP contribution is 2.30. The molecule has 9 nitrogen and oxygen atoms in total. The zero-order chi connectivity index (χ0) is 21.8. The van der Waals surface area contributed by atoms with Crippen LogP contribution in [-0.4, -0.2) is 42.0 Å². The maximum absolute atomic E-state index is 12.5. The zero-order valence-electron chi connectivity index (χ0n) is 17.0. The standard InChI is InChI=1S/C21H22N6O3S/c1-29-13-7-12(8-14(9-13)30-2)24-18(28)11-31-21-26-19(25-20(22)27-21)16-10-23-17-6-4-3-5-15(16)17/h3-10,19,23H,11H2,1-2H3,(H,24,28)(H3,22,25,26,27). The Morgan fingerprint density at radius 3 is 2.65 bits per heavy atom. The van der Waals surface area contributed by atoms with Crippen molar-refractivity contribution in [2.45, 2.75) is 6.17 Å². The molecule has 10 heteroatoms. The van der Waals surface area contributed by atoms with Gasteiger partial charge in [0.25, 0.3) is 0 Å². The molecule has 3 aromatic rings. The van der Waals surface area contributed by atoms with Crippen molar-refractivity contribution in [3.63, 3.8) is 0 Å². The number of benzene rings is 2. The number of amides is 1. The third-order valence-electron chi connectivity index (χ3n) is 4.61. The van der Waals surface area contributed by atoms with E-state index in [1.165, 1.54) is 11.8 Å². The first-order valence-corrected chi connectivity index (χ1v) is 10.4. The highest BCUT2D eigenvalue weighted by molar-refractivity contribution is 8.14. The molecule has 1 amide bonds. The number of aliphatic imine (C=N–C) groups is 2. The molecule has 0 spiro atoms. The number of hydrogen-bond donors (Lipinski definition) is 4. The number of fused-ring (bicyclic) bond motifs is 1. The number of H-pyrrole nitrogens is 1. The number of carbonyl (C=O) groups excluding carboxylic acids is 1. The van der Waals surface area contributed by atoms with E-state index in [2.05, 4.69) is 25.6 Å². The third-order valence-corrected chi connectivity index (χ3v) is 5.50. The number of methoxy groups -OCH3 is 2. The Kier molecular flexibility index (Phi) is 5.99. The van der Waals surface area contributed by atoms with Crippen molar-refractivity contribution in [3.05, 3.63) is 54.2 Å². The first-order chi connectivity index (χ1) is 15.1. The van der Waals surface area contributed by atoms with Gasteiger partial charge in [-0.3, -0.25) is 4.79 Å². The Bertz CT molecular complexity index is 1150. The monoisotopic (exact) mass is 438 g/mol. The fourth-order valence-corrected chi connectivity index (χ4v) is 3.87. The molecule has 1 atom stereocenters. The summed E-state index contributed by atoms with van der Waals surface area (Å²) in [5, 5.41) is 7.32. The van der Waals surface area contributed by atoms with Crippen molar-refractivity contribution in [2.75, 3.05) is 25.3 Å². The van der Waals surface area contributed by atoms with Crippen molar-refractivity contribution >= 4 is 45.4 Å². The quantitative estimate of drug-likeness (QED) is 0.469. The van der Waals surface area contributed by atoms with Crippen molar-refractivity contribution in [1.29, 1.82) is 0 Å². The van der Waals surface area contributed by atoms with Crippen LogP contribution in [0.3, 0.4) is 0 Å². The summed E-state index contributed by atoms with van der Waals surface area (Å²) in [6.45, 7) is 0. The fraction of sp³-hybridized carbons (Fsp3) is 0.190. The molecular weight excluding hydrogens is 416 g/mol. The Hall–Kier alpha value is -3.66. The SMILES string of the molecule is COc1cc(NC(=O)CSC2=NC(c3c[nH]c4ccccc34)N=C(N)N2)cc(OC)c1. The number of nitrogens with two attached hydrogens (primary N) is 1. The van der Waals surface area contributed by atoms with Gasteiger partial charge in [-0.2, -0.15) is 0 Å². The van der Waals surface area contributed by atoms with E-state index in [1.54, 1.807) is 32.4 Å². The van der Waals surface area contributed by atoms with E-state index >= 15 is 0 Å². The lowest BCUT2D eigenvalue weighted by Crippen LogP contribution is -2.39. The molecule has 1 aliphatic heterocycles. The number of hydrogen-bond acceptors (Lipinski definition) is 8. The van der Waals surface area contributed by atoms with Crippen LogP contribution < -0.4 is 25.8 Å². The number of guanidine groups is 1. The Morgan fingerprint density at radius 1 is 1.16 bits per heavy atom. The van der Waals surface area contributed by atoms with Gasteiger partial charge in [-0.15, -0.1) is 0 Å². The fourth-order valence-electron chi connectivity index (χ4n) is 3.18. The van der Waals surface area contributed by atoms with E-state index in [9.17, 15) is 4.79 Å². The van der Waals surface area contributed by atoms with Crippen LogP contribution in [0.25, 0.3) is 10.9 Å². The van der Waals surface area contributed by atoms with Crippen molar-refractivity contribution < 1.29 is 14.3 Å². The minimum Gasteiger partial charge on any atom is -0.497 e. The summed E-state index contributed by atoms with van der Waals surface area (Å²) < 4.78 is 10.5. The molecular formula is C21H22N6O3S. The number of rotatable bonds is 6. The number of anilines is 1. The first-order valence-electron chi connectivity index (χ1n) is 9.45. The summed E-state index contributed by atoms with van der Waals surface area (Å²) in [5.74, 6) is 1.37. The number of amidine groups is 1. The molecule has 0 fully saturated rings. The number of carbonyl (C=O) groups is 1. The number of thioether (sulfide) groups is 1. The Balaban J connectivity index is 1.44. The van der Waals surface area contributed by atoms with E-state index in [0.29, 0.717) is 22.4 Å². The van der Waals surface area contributed by atoms with Crippen LogP contribution in [0.5, 0.6) is 11.5 Å². The molecule has 0 aliphatic carbocycles. The van der Waals surface area contributed by atoms with Gasteiger partial charge in [-0.1, -0.05) is 30.0 Å². The second-order valence-electron chi connectivity index (χ2n) is 6.68. The van der Waals surface area contributed by atoms with Crippen LogP contribution >= 0.6 is 11.8 Å². The number of ether oxygens (including phenoxy) is 2. The smallest absolute Gasteiger partial charge is 0.234 e. The molecule has 0 radical (unpaired) electrons. The van der Waals surface area contributed by atoms with Gasteiger partial charge < -0.3 is 30.8 Å². The number of nitrogens with one attached hydrogen (secondary N) is 3. The second kappa shape index (κ2) is 9.00. The van der Waals surface area contributed by atoms with Gasteiger partial charge in [0.15, 0.2) is 17.3 Å². The summed E-state index contributed by atoms with van der Waals surface area (Å²) >= 11 is 1.25. The van der Waals surface area contributed by atoms with Crippen molar-refractivity contribution in [3.8, 4) is 11.5 Å². The van der Waals surface area contributed by atoms with Crippen LogP contribution in [0, 0.1) is 0 Å². The van der Waals surface area contributed by atoms with Gasteiger partial charge in [0.2, 0.25) is 5.91 Å². The lowest BCUT2D eigenvalue weighted by atomic mass is 10.1. The number of para-hydroxylation sites is 1. The molecule has 160 valence electrons. The average Bonchev–Trinajstić information content (AvgIpc) is 3.21. The van der Waals surface area contributed by atoms with E-state index in [4.69, 9.17) is 15.2 Å². The minimum absolute atomic E-state index is 0.138. The second-order valence-corrected chi connectivity index (χ2v) is 7.64. The molecule has 5 N–H and O–H groups in total. The minimum atomic E-state index is -0.481. The molecule has 1 aromatic heterocycles. The lowest BCUT2D eigenvalue weighted by Gasteiger charge is -2.18. The van der Waals surface area contributed by atoms with Gasteiger partial charge in [0.05, 0.1) is 20.0 Å². The normalized spacial score (nSPS) is 15.6. The van der Waals surface area contributed by atoms with E-state index in [1.807, 2.05) is 30.5 Å².